The molecule has 66 valence electrons. The molecule has 0 spiro atoms. The second-order valence-corrected chi connectivity index (χ2v) is 3.57. The van der Waals surface area contributed by atoms with Crippen molar-refractivity contribution in [2.75, 3.05) is 26.3 Å². The molecule has 11 heavy (non-hydrogen) atoms. The quantitative estimate of drug-likeness (QED) is 0.596. The van der Waals surface area contributed by atoms with Crippen LogP contribution < -0.4 is 0 Å². The summed E-state index contributed by atoms with van der Waals surface area (Å²) in [5.41, 5.74) is 0. The Morgan fingerprint density at radius 1 is 1.36 bits per heavy atom. The van der Waals surface area contributed by atoms with Crippen molar-refractivity contribution in [3.05, 3.63) is 0 Å². The van der Waals surface area contributed by atoms with Crippen LogP contribution in [0, 0.1) is 5.92 Å². The zero-order chi connectivity index (χ0) is 8.10. The Balaban J connectivity index is 2.22. The summed E-state index contributed by atoms with van der Waals surface area (Å²) in [6, 6.07) is 0. The zero-order valence-corrected chi connectivity index (χ0v) is 7.35. The lowest BCUT2D eigenvalue weighted by Gasteiger charge is -2.17. The van der Waals surface area contributed by atoms with E-state index in [4.69, 9.17) is 0 Å². The molecule has 1 rings (SSSR count). The van der Waals surface area contributed by atoms with Gasteiger partial charge in [-0.05, 0) is 38.3 Å². The van der Waals surface area contributed by atoms with Crippen LogP contribution in [0.5, 0.6) is 0 Å². The van der Waals surface area contributed by atoms with Crippen molar-refractivity contribution in [2.45, 2.75) is 26.2 Å². The highest BCUT2D eigenvalue weighted by Crippen LogP contribution is 2.15. The minimum atomic E-state index is -0.186. The van der Waals surface area contributed by atoms with Gasteiger partial charge in [-0.3, -0.25) is 0 Å². The predicted octanol–water partition coefficient (Wildman–Crippen LogP) is 2.08. The molecule has 1 aliphatic heterocycles. The first-order chi connectivity index (χ1) is 5.33. The molecule has 0 radical (unpaired) electrons. The second-order valence-electron chi connectivity index (χ2n) is 3.57. The average molecular weight is 159 g/mol. The zero-order valence-electron chi connectivity index (χ0n) is 7.35. The van der Waals surface area contributed by atoms with Crippen LogP contribution in [0.2, 0.25) is 0 Å². The number of hydrogen-bond acceptors (Lipinski definition) is 1. The molecule has 2 heteroatoms. The van der Waals surface area contributed by atoms with E-state index in [9.17, 15) is 4.39 Å². The SMILES string of the molecule is CC1CCCN(CCF)CC1. The van der Waals surface area contributed by atoms with Gasteiger partial charge >= 0.3 is 0 Å². The second kappa shape index (κ2) is 4.70. The third kappa shape index (κ3) is 3.19. The maximum absolute atomic E-state index is 12.0. The summed E-state index contributed by atoms with van der Waals surface area (Å²) in [5, 5.41) is 0. The highest BCUT2D eigenvalue weighted by Gasteiger charge is 2.12. The largest absolute Gasteiger partial charge is 0.301 e. The summed E-state index contributed by atoms with van der Waals surface area (Å²) in [7, 11) is 0. The fourth-order valence-electron chi connectivity index (χ4n) is 1.67. The van der Waals surface area contributed by atoms with Crippen LogP contribution in [-0.2, 0) is 0 Å². The van der Waals surface area contributed by atoms with E-state index in [1.165, 1.54) is 19.3 Å². The minimum absolute atomic E-state index is 0.186. The van der Waals surface area contributed by atoms with Crippen molar-refractivity contribution in [1.29, 1.82) is 0 Å². The minimum Gasteiger partial charge on any atom is -0.301 e. The van der Waals surface area contributed by atoms with Crippen LogP contribution in [-0.4, -0.2) is 31.2 Å². The van der Waals surface area contributed by atoms with E-state index in [2.05, 4.69) is 11.8 Å². The Labute approximate surface area is 68.6 Å². The monoisotopic (exact) mass is 159 g/mol. The Kier molecular flexibility index (Phi) is 3.84. The van der Waals surface area contributed by atoms with Crippen molar-refractivity contribution >= 4 is 0 Å². The fourth-order valence-corrected chi connectivity index (χ4v) is 1.67. The third-order valence-electron chi connectivity index (χ3n) is 2.51. The predicted molar refractivity (Wildman–Crippen MR) is 45.4 cm³/mol. The van der Waals surface area contributed by atoms with Crippen LogP contribution in [0.25, 0.3) is 0 Å². The average Bonchev–Trinajstić information content (AvgIpc) is 2.17. The maximum atomic E-state index is 12.0. The topological polar surface area (TPSA) is 3.24 Å². The number of nitrogens with zero attached hydrogens (tertiary/aromatic N) is 1. The van der Waals surface area contributed by atoms with Crippen LogP contribution in [0.3, 0.4) is 0 Å². The fraction of sp³-hybridized carbons (Fsp3) is 1.00. The van der Waals surface area contributed by atoms with E-state index in [-0.39, 0.29) is 6.67 Å². The molecule has 0 bridgehead atoms. The molecule has 0 aliphatic carbocycles. The van der Waals surface area contributed by atoms with Crippen LogP contribution in [0.1, 0.15) is 26.2 Å². The molecule has 1 unspecified atom stereocenters. The van der Waals surface area contributed by atoms with E-state index in [0.29, 0.717) is 6.54 Å². The first kappa shape index (κ1) is 8.98. The first-order valence-corrected chi connectivity index (χ1v) is 4.61. The molecule has 1 saturated heterocycles. The molecule has 1 nitrogen and oxygen atoms in total. The van der Waals surface area contributed by atoms with Crippen molar-refractivity contribution in [1.82, 2.24) is 4.90 Å². The number of rotatable bonds is 2. The molecule has 0 amide bonds. The number of hydrogen-bond donors (Lipinski definition) is 0. The van der Waals surface area contributed by atoms with Gasteiger partial charge in [0.1, 0.15) is 6.67 Å². The number of halogens is 1. The van der Waals surface area contributed by atoms with E-state index >= 15 is 0 Å². The Bertz CT molecular complexity index is 106. The molecule has 0 aromatic heterocycles. The standard InChI is InChI=1S/C9H18FN/c1-9-3-2-6-11(7-4-9)8-5-10/h9H,2-8H2,1H3. The molecule has 0 N–H and O–H groups in total. The van der Waals surface area contributed by atoms with Crippen molar-refractivity contribution < 1.29 is 4.39 Å². The molecule has 0 aromatic carbocycles. The van der Waals surface area contributed by atoms with Gasteiger partial charge in [-0.2, -0.15) is 0 Å². The van der Waals surface area contributed by atoms with Gasteiger partial charge in [0.15, 0.2) is 0 Å². The van der Waals surface area contributed by atoms with Gasteiger partial charge in [-0.25, -0.2) is 4.39 Å². The first-order valence-electron chi connectivity index (χ1n) is 4.61. The summed E-state index contributed by atoms with van der Waals surface area (Å²) in [5.74, 6) is 0.847. The van der Waals surface area contributed by atoms with E-state index in [1.807, 2.05) is 0 Å². The van der Waals surface area contributed by atoms with Crippen molar-refractivity contribution in [3.63, 3.8) is 0 Å². The number of alkyl halides is 1. The molecular weight excluding hydrogens is 141 g/mol. The molecular formula is C9H18FN. The van der Waals surface area contributed by atoms with Crippen LogP contribution in [0.15, 0.2) is 0 Å². The lowest BCUT2D eigenvalue weighted by Crippen LogP contribution is -2.26. The van der Waals surface area contributed by atoms with Gasteiger partial charge in [-0.1, -0.05) is 6.92 Å². The van der Waals surface area contributed by atoms with Gasteiger partial charge in [-0.15, -0.1) is 0 Å². The molecule has 0 saturated carbocycles. The van der Waals surface area contributed by atoms with E-state index in [0.717, 1.165) is 19.0 Å². The Morgan fingerprint density at radius 3 is 2.91 bits per heavy atom. The summed E-state index contributed by atoms with van der Waals surface area (Å²) in [6.45, 7) is 4.96. The summed E-state index contributed by atoms with van der Waals surface area (Å²) >= 11 is 0. The molecule has 1 atom stereocenters. The molecule has 0 aromatic rings. The van der Waals surface area contributed by atoms with Gasteiger partial charge < -0.3 is 4.90 Å². The van der Waals surface area contributed by atoms with Gasteiger partial charge in [0.25, 0.3) is 0 Å². The van der Waals surface area contributed by atoms with Gasteiger partial charge in [0, 0.05) is 6.54 Å². The van der Waals surface area contributed by atoms with Crippen LogP contribution in [0.4, 0.5) is 4.39 Å². The molecule has 1 fully saturated rings. The number of likely N-dealkylation sites (tertiary alicyclic amines) is 1. The van der Waals surface area contributed by atoms with Gasteiger partial charge in [0.2, 0.25) is 0 Å². The van der Waals surface area contributed by atoms with Crippen molar-refractivity contribution in [3.8, 4) is 0 Å². The molecule has 1 heterocycles. The van der Waals surface area contributed by atoms with Gasteiger partial charge in [0.05, 0.1) is 0 Å². The summed E-state index contributed by atoms with van der Waals surface area (Å²) in [6.07, 6.45) is 3.82. The van der Waals surface area contributed by atoms with Crippen LogP contribution >= 0.6 is 0 Å². The normalized spacial score (nSPS) is 28.4. The Hall–Kier alpha value is -0.110. The highest BCUT2D eigenvalue weighted by atomic mass is 19.1. The third-order valence-corrected chi connectivity index (χ3v) is 2.51. The van der Waals surface area contributed by atoms with Crippen molar-refractivity contribution in [2.24, 2.45) is 5.92 Å². The van der Waals surface area contributed by atoms with E-state index in [1.54, 1.807) is 0 Å². The smallest absolute Gasteiger partial charge is 0.102 e. The maximum Gasteiger partial charge on any atom is 0.102 e. The van der Waals surface area contributed by atoms with E-state index < -0.39 is 0 Å². The highest BCUT2D eigenvalue weighted by molar-refractivity contribution is 4.66. The summed E-state index contributed by atoms with van der Waals surface area (Å²) < 4.78 is 12.0. The lowest BCUT2D eigenvalue weighted by molar-refractivity contribution is 0.254. The Morgan fingerprint density at radius 2 is 2.18 bits per heavy atom. The molecule has 1 aliphatic rings. The lowest BCUT2D eigenvalue weighted by atomic mass is 10.0. The summed E-state index contributed by atoms with van der Waals surface area (Å²) in [4.78, 5) is 2.24.